The normalized spacial score (nSPS) is 20.4. The van der Waals surface area contributed by atoms with Crippen LogP contribution in [-0.2, 0) is 0 Å². The van der Waals surface area contributed by atoms with Gasteiger partial charge in [-0.05, 0) is 0 Å². The monoisotopic (exact) mass is 564 g/mol. The van der Waals surface area contributed by atoms with Gasteiger partial charge < -0.3 is 0 Å². The SMILES string of the molecule is O=c1c2c1[Se]CCCCC[Se]c1c(c1=O)[Se]CCCCC[Se]2. The Morgan fingerprint density at radius 3 is 1.00 bits per heavy atom. The van der Waals surface area contributed by atoms with E-state index in [0.717, 1.165) is 0 Å². The van der Waals surface area contributed by atoms with Gasteiger partial charge in [-0.15, -0.1) is 0 Å². The molecule has 2 aromatic carbocycles. The fourth-order valence-corrected chi connectivity index (χ4v) is 13.5. The van der Waals surface area contributed by atoms with Crippen LogP contribution >= 0.6 is 0 Å². The molecule has 0 saturated heterocycles. The van der Waals surface area contributed by atoms with Crippen LogP contribution in [0.3, 0.4) is 0 Å². The van der Waals surface area contributed by atoms with Gasteiger partial charge in [0.05, 0.1) is 0 Å². The molecule has 0 radical (unpaired) electrons. The molecule has 0 unspecified atom stereocenters. The Labute approximate surface area is 157 Å². The van der Waals surface area contributed by atoms with Crippen LogP contribution in [0.15, 0.2) is 9.59 Å². The standard InChI is InChI=1S/C16H20O2Se4/c17-11-13-15(11)21-9-5-2-6-10-22-16-12(18)14(16)20-8-4-1-3-7-19-13/h1-10H2. The van der Waals surface area contributed by atoms with E-state index in [-0.39, 0.29) is 0 Å². The Balaban J connectivity index is 1.45. The van der Waals surface area contributed by atoms with Crippen molar-refractivity contribution in [2.45, 2.75) is 59.8 Å². The van der Waals surface area contributed by atoms with E-state index in [9.17, 15) is 9.59 Å². The van der Waals surface area contributed by atoms with Crippen LogP contribution in [0.1, 0.15) is 38.5 Å². The fourth-order valence-electron chi connectivity index (χ4n) is 2.26. The number of fused-ring (bicyclic) bond motifs is 2. The average molecular weight is 560 g/mol. The molecule has 22 heavy (non-hydrogen) atoms. The van der Waals surface area contributed by atoms with E-state index >= 15 is 0 Å². The quantitative estimate of drug-likeness (QED) is 0.396. The zero-order chi connectivity index (χ0) is 15.4. The average Bonchev–Trinajstić information content (AvgIpc) is 3.34. The molecule has 0 fully saturated rings. The molecular formula is C16H20O2Se4. The molecule has 3 rings (SSSR count). The van der Waals surface area contributed by atoms with Gasteiger partial charge in [-0.3, -0.25) is 0 Å². The van der Waals surface area contributed by atoms with E-state index in [1.54, 1.807) is 0 Å². The van der Waals surface area contributed by atoms with Gasteiger partial charge in [0.1, 0.15) is 0 Å². The molecule has 0 aliphatic carbocycles. The Morgan fingerprint density at radius 1 is 0.455 bits per heavy atom. The Hall–Kier alpha value is 0.898. The summed E-state index contributed by atoms with van der Waals surface area (Å²) in [6.45, 7) is 0. The van der Waals surface area contributed by atoms with Crippen molar-refractivity contribution in [3.05, 3.63) is 20.4 Å². The molecule has 2 nitrogen and oxygen atoms in total. The maximum atomic E-state index is 11.8. The van der Waals surface area contributed by atoms with Crippen LogP contribution < -0.4 is 28.7 Å². The van der Waals surface area contributed by atoms with Gasteiger partial charge >= 0.3 is 158 Å². The van der Waals surface area contributed by atoms with Crippen LogP contribution in [-0.4, -0.2) is 59.8 Å². The molecule has 0 spiro atoms. The van der Waals surface area contributed by atoms with E-state index in [4.69, 9.17) is 0 Å². The first kappa shape index (κ1) is 17.7. The molecule has 0 saturated carbocycles. The number of rotatable bonds is 0. The van der Waals surface area contributed by atoms with E-state index in [1.807, 2.05) is 0 Å². The Morgan fingerprint density at radius 2 is 0.727 bits per heavy atom. The molecule has 1 aliphatic heterocycles. The van der Waals surface area contributed by atoms with Crippen LogP contribution in [0.4, 0.5) is 0 Å². The van der Waals surface area contributed by atoms with Gasteiger partial charge in [0.15, 0.2) is 0 Å². The minimum atomic E-state index is 0.455. The zero-order valence-corrected chi connectivity index (χ0v) is 19.4. The van der Waals surface area contributed by atoms with Crippen LogP contribution in [0, 0.1) is 0 Å². The summed E-state index contributed by atoms with van der Waals surface area (Å²) in [6, 6.07) is 0. The van der Waals surface area contributed by atoms with E-state index in [1.165, 1.54) is 77.6 Å². The summed E-state index contributed by atoms with van der Waals surface area (Å²) in [4.78, 5) is 23.5. The van der Waals surface area contributed by atoms with Gasteiger partial charge in [-0.25, -0.2) is 0 Å². The summed E-state index contributed by atoms with van der Waals surface area (Å²) in [5.74, 6) is 0. The second-order valence-corrected chi connectivity index (χ2v) is 14.8. The molecule has 1 aliphatic rings. The molecule has 0 bridgehead atoms. The first-order valence-electron chi connectivity index (χ1n) is 7.88. The van der Waals surface area contributed by atoms with Crippen molar-refractivity contribution in [1.82, 2.24) is 0 Å². The summed E-state index contributed by atoms with van der Waals surface area (Å²) in [5, 5.41) is 4.99. The van der Waals surface area contributed by atoms with Crippen molar-refractivity contribution >= 4 is 77.7 Å². The molecule has 2 aromatic rings. The fraction of sp³-hybridized carbons (Fsp3) is 0.625. The van der Waals surface area contributed by atoms with Crippen molar-refractivity contribution in [2.24, 2.45) is 0 Å². The topological polar surface area (TPSA) is 34.1 Å². The molecule has 120 valence electrons. The first-order chi connectivity index (χ1) is 10.8. The van der Waals surface area contributed by atoms with Gasteiger partial charge in [-0.2, -0.15) is 0 Å². The zero-order valence-electron chi connectivity index (χ0n) is 12.5. The predicted molar refractivity (Wildman–Crippen MR) is 98.7 cm³/mol. The molecule has 0 aromatic heterocycles. The Bertz CT molecular complexity index is 530. The number of hydrogen-bond acceptors (Lipinski definition) is 2. The first-order valence-corrected chi connectivity index (χ1v) is 16.2. The van der Waals surface area contributed by atoms with Gasteiger partial charge in [-0.1, -0.05) is 0 Å². The maximum absolute atomic E-state index is 11.8. The summed E-state index contributed by atoms with van der Waals surface area (Å²) < 4.78 is 5.05. The molecule has 6 heteroatoms. The van der Waals surface area contributed by atoms with Crippen molar-refractivity contribution in [3.63, 3.8) is 0 Å². The summed E-state index contributed by atoms with van der Waals surface area (Å²) >= 11 is 1.87. The summed E-state index contributed by atoms with van der Waals surface area (Å²) in [6.07, 6.45) is 7.67. The van der Waals surface area contributed by atoms with Crippen LogP contribution in [0.5, 0.6) is 0 Å². The third kappa shape index (κ3) is 4.95. The minimum absolute atomic E-state index is 0.455. The summed E-state index contributed by atoms with van der Waals surface area (Å²) in [5.41, 5.74) is 0.909. The van der Waals surface area contributed by atoms with Crippen molar-refractivity contribution in [2.75, 3.05) is 0 Å². The molecular weight excluding hydrogens is 540 g/mol. The molecule has 1 heterocycles. The van der Waals surface area contributed by atoms with Crippen molar-refractivity contribution < 1.29 is 0 Å². The van der Waals surface area contributed by atoms with Crippen LogP contribution in [0.25, 0.3) is 0 Å². The second-order valence-electron chi connectivity index (χ2n) is 5.49. The van der Waals surface area contributed by atoms with Gasteiger partial charge in [0.2, 0.25) is 0 Å². The molecule has 0 atom stereocenters. The summed E-state index contributed by atoms with van der Waals surface area (Å²) in [7, 11) is 0. The van der Waals surface area contributed by atoms with E-state index < -0.39 is 0 Å². The van der Waals surface area contributed by atoms with Crippen molar-refractivity contribution in [3.8, 4) is 0 Å². The van der Waals surface area contributed by atoms with Gasteiger partial charge in [0.25, 0.3) is 0 Å². The Kier molecular flexibility index (Phi) is 7.11. The van der Waals surface area contributed by atoms with Crippen molar-refractivity contribution in [1.29, 1.82) is 0 Å². The third-order valence-electron chi connectivity index (χ3n) is 3.68. The molecule has 0 amide bonds. The number of hydrogen-bond donors (Lipinski definition) is 0. The van der Waals surface area contributed by atoms with E-state index in [0.29, 0.717) is 70.7 Å². The second kappa shape index (κ2) is 8.84. The molecule has 0 N–H and O–H groups in total. The predicted octanol–water partition coefficient (Wildman–Crippen LogP) is -0.796. The van der Waals surface area contributed by atoms with E-state index in [2.05, 4.69) is 0 Å². The third-order valence-corrected chi connectivity index (χ3v) is 14.8. The van der Waals surface area contributed by atoms with Gasteiger partial charge in [0, 0.05) is 0 Å². The van der Waals surface area contributed by atoms with Crippen LogP contribution in [0.2, 0.25) is 21.3 Å².